The number of carbonyl (C=O) groups is 1. The number of amides is 2. The molecule has 2 aromatic carbocycles. The van der Waals surface area contributed by atoms with E-state index in [0.717, 1.165) is 22.0 Å². The first kappa shape index (κ1) is 15.8. The summed E-state index contributed by atoms with van der Waals surface area (Å²) in [7, 11) is 1.77. The average molecular weight is 314 g/mol. The van der Waals surface area contributed by atoms with Crippen LogP contribution in [-0.4, -0.2) is 50.4 Å². The Morgan fingerprint density at radius 3 is 2.87 bits per heavy atom. The highest BCUT2D eigenvalue weighted by Crippen LogP contribution is 2.27. The van der Waals surface area contributed by atoms with E-state index >= 15 is 0 Å². The predicted octanol–water partition coefficient (Wildman–Crippen LogP) is 3.03. The number of hydrogen-bond acceptors (Lipinski definition) is 3. The van der Waals surface area contributed by atoms with Crippen LogP contribution in [0.4, 0.5) is 10.5 Å². The van der Waals surface area contributed by atoms with E-state index in [1.165, 1.54) is 0 Å². The summed E-state index contributed by atoms with van der Waals surface area (Å²) in [6.07, 6.45) is -0.0619. The third-order valence-electron chi connectivity index (χ3n) is 4.08. The van der Waals surface area contributed by atoms with Crippen molar-refractivity contribution in [3.8, 4) is 0 Å². The Labute approximate surface area is 136 Å². The van der Waals surface area contributed by atoms with Crippen molar-refractivity contribution in [2.45, 2.75) is 13.0 Å². The van der Waals surface area contributed by atoms with Gasteiger partial charge in [0.15, 0.2) is 0 Å². The molecule has 3 rings (SSSR count). The number of carbonyl (C=O) groups excluding carboxylic acids is 1. The molecule has 1 atom stereocenters. The Balaban J connectivity index is 1.73. The van der Waals surface area contributed by atoms with Gasteiger partial charge < -0.3 is 19.7 Å². The van der Waals surface area contributed by atoms with Crippen LogP contribution in [0.2, 0.25) is 0 Å². The van der Waals surface area contributed by atoms with Crippen molar-refractivity contribution < 1.29 is 14.3 Å². The Morgan fingerprint density at radius 2 is 2.09 bits per heavy atom. The molecule has 0 radical (unpaired) electrons. The van der Waals surface area contributed by atoms with E-state index in [0.29, 0.717) is 26.4 Å². The van der Waals surface area contributed by atoms with E-state index in [-0.39, 0.29) is 12.1 Å². The van der Waals surface area contributed by atoms with Gasteiger partial charge in [0.05, 0.1) is 38.2 Å². The number of likely N-dealkylation sites (N-methyl/N-ethyl adjacent to an activating group) is 1. The zero-order chi connectivity index (χ0) is 16.2. The maximum Gasteiger partial charge on any atom is 0.321 e. The maximum atomic E-state index is 12.5. The molecular weight excluding hydrogens is 292 g/mol. The molecular formula is C18H22N2O3. The van der Waals surface area contributed by atoms with Gasteiger partial charge in [0.2, 0.25) is 0 Å². The van der Waals surface area contributed by atoms with E-state index in [1.54, 1.807) is 11.9 Å². The van der Waals surface area contributed by atoms with Gasteiger partial charge in [0, 0.05) is 12.4 Å². The van der Waals surface area contributed by atoms with Gasteiger partial charge >= 0.3 is 6.03 Å². The summed E-state index contributed by atoms with van der Waals surface area (Å²) in [5, 5.41) is 5.19. The molecule has 0 aliphatic carbocycles. The van der Waals surface area contributed by atoms with E-state index in [2.05, 4.69) is 11.4 Å². The predicted molar refractivity (Wildman–Crippen MR) is 90.9 cm³/mol. The topological polar surface area (TPSA) is 50.8 Å². The minimum absolute atomic E-state index is 0.0619. The Morgan fingerprint density at radius 1 is 1.26 bits per heavy atom. The number of hydrogen-bond donors (Lipinski definition) is 1. The number of aryl methyl sites for hydroxylation is 1. The zero-order valence-corrected chi connectivity index (χ0v) is 13.5. The van der Waals surface area contributed by atoms with Crippen molar-refractivity contribution in [1.29, 1.82) is 0 Å². The van der Waals surface area contributed by atoms with Crippen LogP contribution in [0, 0.1) is 6.92 Å². The SMILES string of the molecule is Cc1ccc2ccccc2c1NC(=O)N(C)C[C@@H]1COCCO1. The number of benzene rings is 2. The summed E-state index contributed by atoms with van der Waals surface area (Å²) in [5.41, 5.74) is 1.91. The van der Waals surface area contributed by atoms with Crippen LogP contribution in [0.5, 0.6) is 0 Å². The van der Waals surface area contributed by atoms with Crippen molar-refractivity contribution in [3.05, 3.63) is 42.0 Å². The second-order valence-electron chi connectivity index (χ2n) is 5.86. The van der Waals surface area contributed by atoms with Gasteiger partial charge in [-0.2, -0.15) is 0 Å². The summed E-state index contributed by atoms with van der Waals surface area (Å²) in [6.45, 7) is 4.25. The summed E-state index contributed by atoms with van der Waals surface area (Å²) in [6, 6.07) is 12.0. The lowest BCUT2D eigenvalue weighted by Gasteiger charge is -2.27. The number of urea groups is 1. The minimum atomic E-state index is -0.140. The zero-order valence-electron chi connectivity index (χ0n) is 13.5. The van der Waals surface area contributed by atoms with E-state index < -0.39 is 0 Å². The second kappa shape index (κ2) is 6.98. The van der Waals surface area contributed by atoms with Gasteiger partial charge in [-0.1, -0.05) is 36.4 Å². The van der Waals surface area contributed by atoms with Crippen LogP contribution in [0.15, 0.2) is 36.4 Å². The maximum absolute atomic E-state index is 12.5. The van der Waals surface area contributed by atoms with Crippen LogP contribution in [-0.2, 0) is 9.47 Å². The molecule has 2 amide bonds. The third-order valence-corrected chi connectivity index (χ3v) is 4.08. The molecule has 0 saturated carbocycles. The van der Waals surface area contributed by atoms with Crippen molar-refractivity contribution in [3.63, 3.8) is 0 Å². The summed E-state index contributed by atoms with van der Waals surface area (Å²) < 4.78 is 11.0. The lowest BCUT2D eigenvalue weighted by molar-refractivity contribution is -0.0925. The summed E-state index contributed by atoms with van der Waals surface area (Å²) in [5.74, 6) is 0. The smallest absolute Gasteiger partial charge is 0.321 e. The number of ether oxygens (including phenoxy) is 2. The number of nitrogens with one attached hydrogen (secondary N) is 1. The summed E-state index contributed by atoms with van der Waals surface area (Å²) >= 11 is 0. The highest BCUT2D eigenvalue weighted by molar-refractivity contribution is 6.02. The normalized spacial score (nSPS) is 17.9. The largest absolute Gasteiger partial charge is 0.376 e. The number of anilines is 1. The molecule has 1 heterocycles. The number of fused-ring (bicyclic) bond motifs is 1. The lowest BCUT2D eigenvalue weighted by atomic mass is 10.0. The van der Waals surface area contributed by atoms with Crippen LogP contribution < -0.4 is 5.32 Å². The molecule has 2 aromatic rings. The lowest BCUT2D eigenvalue weighted by Crippen LogP contribution is -2.42. The van der Waals surface area contributed by atoms with Gasteiger partial charge in [-0.05, 0) is 17.9 Å². The molecule has 122 valence electrons. The highest BCUT2D eigenvalue weighted by atomic mass is 16.6. The molecule has 1 saturated heterocycles. The quantitative estimate of drug-likeness (QED) is 0.947. The van der Waals surface area contributed by atoms with Crippen LogP contribution in [0.25, 0.3) is 10.8 Å². The van der Waals surface area contributed by atoms with Crippen molar-refractivity contribution in [2.24, 2.45) is 0 Å². The van der Waals surface area contributed by atoms with Crippen LogP contribution >= 0.6 is 0 Å². The molecule has 0 bridgehead atoms. The molecule has 5 nitrogen and oxygen atoms in total. The second-order valence-corrected chi connectivity index (χ2v) is 5.86. The van der Waals surface area contributed by atoms with Gasteiger partial charge in [-0.15, -0.1) is 0 Å². The first-order valence-corrected chi connectivity index (χ1v) is 7.85. The van der Waals surface area contributed by atoms with Crippen molar-refractivity contribution in [1.82, 2.24) is 4.90 Å². The van der Waals surface area contributed by atoms with Crippen LogP contribution in [0.3, 0.4) is 0 Å². The molecule has 1 fully saturated rings. The van der Waals surface area contributed by atoms with E-state index in [4.69, 9.17) is 9.47 Å². The molecule has 0 spiro atoms. The molecule has 1 N–H and O–H groups in total. The molecule has 5 heteroatoms. The minimum Gasteiger partial charge on any atom is -0.376 e. The fourth-order valence-electron chi connectivity index (χ4n) is 2.78. The molecule has 1 aliphatic rings. The third kappa shape index (κ3) is 3.63. The number of nitrogens with zero attached hydrogens (tertiary/aromatic N) is 1. The highest BCUT2D eigenvalue weighted by Gasteiger charge is 2.20. The first-order valence-electron chi connectivity index (χ1n) is 7.85. The molecule has 0 unspecified atom stereocenters. The van der Waals surface area contributed by atoms with Crippen molar-refractivity contribution >= 4 is 22.5 Å². The Hall–Kier alpha value is -2.11. The molecule has 0 aromatic heterocycles. The molecule has 23 heavy (non-hydrogen) atoms. The Bertz CT molecular complexity index is 696. The fourth-order valence-corrected chi connectivity index (χ4v) is 2.78. The monoisotopic (exact) mass is 314 g/mol. The average Bonchev–Trinajstić information content (AvgIpc) is 2.58. The molecule has 1 aliphatic heterocycles. The van der Waals surface area contributed by atoms with E-state index in [9.17, 15) is 4.79 Å². The fraction of sp³-hybridized carbons (Fsp3) is 0.389. The number of rotatable bonds is 3. The van der Waals surface area contributed by atoms with Gasteiger partial charge in [0.1, 0.15) is 0 Å². The van der Waals surface area contributed by atoms with Gasteiger partial charge in [0.25, 0.3) is 0 Å². The standard InChI is InChI=1S/C18H22N2O3/c1-13-7-8-14-5-3-4-6-16(14)17(13)19-18(21)20(2)11-15-12-22-9-10-23-15/h3-8,15H,9-12H2,1-2H3,(H,19,21)/t15-/m1/s1. The first-order chi connectivity index (χ1) is 11.1. The van der Waals surface area contributed by atoms with Gasteiger partial charge in [-0.25, -0.2) is 4.79 Å². The summed E-state index contributed by atoms with van der Waals surface area (Å²) in [4.78, 5) is 14.1. The van der Waals surface area contributed by atoms with E-state index in [1.807, 2.05) is 37.3 Å². The van der Waals surface area contributed by atoms with Crippen LogP contribution in [0.1, 0.15) is 5.56 Å². The Kier molecular flexibility index (Phi) is 4.79. The van der Waals surface area contributed by atoms with Crippen molar-refractivity contribution in [2.75, 3.05) is 38.7 Å². The van der Waals surface area contributed by atoms with Gasteiger partial charge in [-0.3, -0.25) is 0 Å².